The van der Waals surface area contributed by atoms with Crippen molar-refractivity contribution in [3.8, 4) is 17.2 Å². The van der Waals surface area contributed by atoms with Crippen LogP contribution >= 0.6 is 0 Å². The number of nitrogens with two attached hydrogens (primary N) is 1. The number of hydrogen-bond acceptors (Lipinski definition) is 6. The minimum Gasteiger partial charge on any atom is -0.493 e. The third kappa shape index (κ3) is 4.55. The van der Waals surface area contributed by atoms with Crippen LogP contribution < -0.4 is 19.9 Å². The quantitative estimate of drug-likeness (QED) is 0.827. The molecule has 140 valence electrons. The van der Waals surface area contributed by atoms with E-state index in [0.717, 1.165) is 25.2 Å². The molecule has 7 heteroatoms. The Morgan fingerprint density at radius 2 is 1.56 bits per heavy atom. The van der Waals surface area contributed by atoms with E-state index in [4.69, 9.17) is 19.9 Å². The van der Waals surface area contributed by atoms with Gasteiger partial charge in [-0.05, 0) is 31.5 Å². The first-order valence-corrected chi connectivity index (χ1v) is 8.39. The number of hydrogen-bond donors (Lipinski definition) is 1. The molecule has 2 rings (SSSR count). The number of carbonyl (C=O) groups excluding carboxylic acids is 1. The van der Waals surface area contributed by atoms with Crippen molar-refractivity contribution in [3.05, 3.63) is 17.7 Å². The van der Waals surface area contributed by atoms with E-state index in [9.17, 15) is 4.79 Å². The minimum atomic E-state index is -0.821. The number of carbonyl (C=O) groups is 1. The molecule has 0 atom stereocenters. The highest BCUT2D eigenvalue weighted by Gasteiger charge is 2.30. The Kier molecular flexibility index (Phi) is 6.13. The second kappa shape index (κ2) is 7.93. The van der Waals surface area contributed by atoms with Gasteiger partial charge in [-0.25, -0.2) is 0 Å². The molecule has 1 saturated heterocycles. The minimum absolute atomic E-state index is 0.0000593. The van der Waals surface area contributed by atoms with Crippen molar-refractivity contribution in [1.29, 1.82) is 0 Å². The summed E-state index contributed by atoms with van der Waals surface area (Å²) in [7, 11) is 4.81. The molecule has 1 fully saturated rings. The molecule has 1 aliphatic heterocycles. The van der Waals surface area contributed by atoms with E-state index in [1.165, 1.54) is 0 Å². The van der Waals surface area contributed by atoms with Crippen molar-refractivity contribution in [2.45, 2.75) is 25.9 Å². The fraction of sp³-hybridized carbons (Fsp3) is 0.611. The van der Waals surface area contributed by atoms with Crippen LogP contribution in [0.5, 0.6) is 17.2 Å². The molecule has 0 saturated carbocycles. The molecule has 25 heavy (non-hydrogen) atoms. The lowest BCUT2D eigenvalue weighted by Gasteiger charge is -2.37. The lowest BCUT2D eigenvalue weighted by Crippen LogP contribution is -2.56. The summed E-state index contributed by atoms with van der Waals surface area (Å²) in [6, 6.07) is 3.92. The van der Waals surface area contributed by atoms with Crippen molar-refractivity contribution >= 4 is 5.91 Å². The van der Waals surface area contributed by atoms with Crippen LogP contribution in [0.4, 0.5) is 0 Å². The Morgan fingerprint density at radius 1 is 1.04 bits per heavy atom. The van der Waals surface area contributed by atoms with Crippen molar-refractivity contribution in [1.82, 2.24) is 9.80 Å². The summed E-state index contributed by atoms with van der Waals surface area (Å²) in [5.74, 6) is 1.89. The fourth-order valence-electron chi connectivity index (χ4n) is 3.00. The first kappa shape index (κ1) is 19.3. The van der Waals surface area contributed by atoms with Crippen LogP contribution in [0, 0.1) is 0 Å². The molecule has 0 radical (unpaired) electrons. The van der Waals surface area contributed by atoms with Crippen LogP contribution in [-0.2, 0) is 11.3 Å². The van der Waals surface area contributed by atoms with Crippen LogP contribution in [0.25, 0.3) is 0 Å². The van der Waals surface area contributed by atoms with Gasteiger partial charge in [0, 0.05) is 32.7 Å². The number of rotatable bonds is 6. The van der Waals surface area contributed by atoms with Gasteiger partial charge in [0.1, 0.15) is 0 Å². The zero-order valence-electron chi connectivity index (χ0n) is 15.8. The molecule has 0 unspecified atom stereocenters. The molecule has 0 bridgehead atoms. The SMILES string of the molecule is COc1cc(CN2CCN(C(=O)C(C)(C)N)CC2)cc(OC)c1OC. The van der Waals surface area contributed by atoms with Crippen LogP contribution in [0.15, 0.2) is 12.1 Å². The molecular formula is C18H29N3O4. The van der Waals surface area contributed by atoms with Crippen LogP contribution in [0.3, 0.4) is 0 Å². The monoisotopic (exact) mass is 351 g/mol. The van der Waals surface area contributed by atoms with E-state index >= 15 is 0 Å². The summed E-state index contributed by atoms with van der Waals surface area (Å²) in [6.45, 7) is 7.23. The second-order valence-corrected chi connectivity index (χ2v) is 6.82. The molecule has 7 nitrogen and oxygen atoms in total. The number of amides is 1. The van der Waals surface area contributed by atoms with E-state index in [-0.39, 0.29) is 5.91 Å². The van der Waals surface area contributed by atoms with Crippen molar-refractivity contribution in [2.24, 2.45) is 5.73 Å². The summed E-state index contributed by atoms with van der Waals surface area (Å²) in [6.07, 6.45) is 0. The topological polar surface area (TPSA) is 77.3 Å². The normalized spacial score (nSPS) is 15.8. The average molecular weight is 351 g/mol. The molecule has 1 heterocycles. The van der Waals surface area contributed by atoms with Crippen molar-refractivity contribution < 1.29 is 19.0 Å². The Morgan fingerprint density at radius 3 is 1.96 bits per heavy atom. The van der Waals surface area contributed by atoms with Gasteiger partial charge in [-0.15, -0.1) is 0 Å². The first-order chi connectivity index (χ1) is 11.8. The third-order valence-electron chi connectivity index (χ3n) is 4.34. The van der Waals surface area contributed by atoms with Gasteiger partial charge in [-0.1, -0.05) is 0 Å². The van der Waals surface area contributed by atoms with Crippen LogP contribution in [0.1, 0.15) is 19.4 Å². The van der Waals surface area contributed by atoms with Crippen LogP contribution in [-0.4, -0.2) is 68.8 Å². The Balaban J connectivity index is 2.03. The summed E-state index contributed by atoms with van der Waals surface area (Å²) in [5, 5.41) is 0. The molecule has 1 aliphatic rings. The van der Waals surface area contributed by atoms with E-state index in [2.05, 4.69) is 4.90 Å². The highest BCUT2D eigenvalue weighted by atomic mass is 16.5. The number of benzene rings is 1. The largest absolute Gasteiger partial charge is 0.493 e. The number of nitrogens with zero attached hydrogens (tertiary/aromatic N) is 2. The summed E-state index contributed by atoms with van der Waals surface area (Å²) >= 11 is 0. The van der Waals surface area contributed by atoms with Crippen molar-refractivity contribution in [3.63, 3.8) is 0 Å². The third-order valence-corrected chi connectivity index (χ3v) is 4.34. The lowest BCUT2D eigenvalue weighted by atomic mass is 10.0. The molecular weight excluding hydrogens is 322 g/mol. The Labute approximate surface area is 149 Å². The average Bonchev–Trinajstić information content (AvgIpc) is 2.60. The molecule has 0 aliphatic carbocycles. The van der Waals surface area contributed by atoms with E-state index in [1.807, 2.05) is 17.0 Å². The Bertz CT molecular complexity index is 580. The van der Waals surface area contributed by atoms with Gasteiger partial charge in [-0.3, -0.25) is 9.69 Å². The van der Waals surface area contributed by atoms with E-state index in [1.54, 1.807) is 35.2 Å². The lowest BCUT2D eigenvalue weighted by molar-refractivity contribution is -0.137. The van der Waals surface area contributed by atoms with Gasteiger partial charge < -0.3 is 24.8 Å². The highest BCUT2D eigenvalue weighted by Crippen LogP contribution is 2.38. The summed E-state index contributed by atoms with van der Waals surface area (Å²) in [5.41, 5.74) is 6.17. The molecule has 2 N–H and O–H groups in total. The summed E-state index contributed by atoms with van der Waals surface area (Å²) < 4.78 is 16.2. The maximum Gasteiger partial charge on any atom is 0.242 e. The fourth-order valence-corrected chi connectivity index (χ4v) is 3.00. The van der Waals surface area contributed by atoms with Gasteiger partial charge in [0.2, 0.25) is 11.7 Å². The maximum absolute atomic E-state index is 12.3. The molecule has 1 aromatic rings. The van der Waals surface area contributed by atoms with E-state index < -0.39 is 5.54 Å². The zero-order chi connectivity index (χ0) is 18.6. The molecule has 0 aromatic heterocycles. The van der Waals surface area contributed by atoms with E-state index in [0.29, 0.717) is 30.3 Å². The van der Waals surface area contributed by atoms with Crippen molar-refractivity contribution in [2.75, 3.05) is 47.5 Å². The molecule has 0 spiro atoms. The molecule has 1 amide bonds. The van der Waals surface area contributed by atoms with Crippen LogP contribution in [0.2, 0.25) is 0 Å². The standard InChI is InChI=1S/C18H29N3O4/c1-18(2,19)17(22)21-8-6-20(7-9-21)12-13-10-14(23-3)16(25-5)15(11-13)24-4/h10-11H,6-9,12,19H2,1-5H3. The summed E-state index contributed by atoms with van der Waals surface area (Å²) in [4.78, 5) is 16.4. The highest BCUT2D eigenvalue weighted by molar-refractivity contribution is 5.85. The Hall–Kier alpha value is -1.99. The predicted octanol–water partition coefficient (Wildman–Crippen LogP) is 1.09. The number of methoxy groups -OCH3 is 3. The maximum atomic E-state index is 12.3. The van der Waals surface area contributed by atoms with Gasteiger partial charge >= 0.3 is 0 Å². The number of ether oxygens (including phenoxy) is 3. The predicted molar refractivity (Wildman–Crippen MR) is 96.2 cm³/mol. The zero-order valence-corrected chi connectivity index (χ0v) is 15.8. The van der Waals surface area contributed by atoms with Gasteiger partial charge in [0.25, 0.3) is 0 Å². The molecule has 1 aromatic carbocycles. The van der Waals surface area contributed by atoms with Gasteiger partial charge in [0.15, 0.2) is 11.5 Å². The smallest absolute Gasteiger partial charge is 0.242 e. The van der Waals surface area contributed by atoms with Gasteiger partial charge in [-0.2, -0.15) is 0 Å². The second-order valence-electron chi connectivity index (χ2n) is 6.82. The van der Waals surface area contributed by atoms with Gasteiger partial charge in [0.05, 0.1) is 26.9 Å². The first-order valence-electron chi connectivity index (χ1n) is 8.39. The number of piperazine rings is 1.